The Labute approximate surface area is 159 Å². The highest BCUT2D eigenvalue weighted by Crippen LogP contribution is 2.34. The molecule has 144 valence electrons. The van der Waals surface area contributed by atoms with E-state index in [0.29, 0.717) is 36.1 Å². The van der Waals surface area contributed by atoms with E-state index < -0.39 is 11.4 Å². The molecule has 0 aliphatic carbocycles. The number of amides is 2. The van der Waals surface area contributed by atoms with Crippen LogP contribution < -0.4 is 10.1 Å². The van der Waals surface area contributed by atoms with Gasteiger partial charge in [0.2, 0.25) is 0 Å². The second-order valence-corrected chi connectivity index (χ2v) is 7.99. The molecule has 1 heterocycles. The number of carbonyl (C=O) groups excluding carboxylic acids is 1. The van der Waals surface area contributed by atoms with E-state index >= 15 is 0 Å². The van der Waals surface area contributed by atoms with Gasteiger partial charge in [-0.25, -0.2) is 4.79 Å². The summed E-state index contributed by atoms with van der Waals surface area (Å²) in [6.07, 6.45) is 1.16. The van der Waals surface area contributed by atoms with Crippen molar-refractivity contribution in [3.8, 4) is 5.75 Å². The smallest absolute Gasteiger partial charge is 0.317 e. The lowest BCUT2D eigenvalue weighted by molar-refractivity contribution is -0.147. The predicted molar refractivity (Wildman–Crippen MR) is 101 cm³/mol. The Morgan fingerprint density at radius 1 is 1.42 bits per heavy atom. The summed E-state index contributed by atoms with van der Waals surface area (Å²) in [5, 5.41) is 13.0. The van der Waals surface area contributed by atoms with Crippen LogP contribution in [0.2, 0.25) is 5.02 Å². The van der Waals surface area contributed by atoms with Gasteiger partial charge in [-0.1, -0.05) is 25.4 Å². The molecule has 1 fully saturated rings. The molecule has 2 rings (SSSR count). The van der Waals surface area contributed by atoms with Crippen molar-refractivity contribution in [1.29, 1.82) is 0 Å². The molecule has 2 N–H and O–H groups in total. The fourth-order valence-electron chi connectivity index (χ4n) is 3.26. The topological polar surface area (TPSA) is 78.9 Å². The number of carboxylic acid groups (broad SMARTS) is 1. The number of carbonyl (C=O) groups is 2. The average Bonchev–Trinajstić information content (AvgIpc) is 2.98. The van der Waals surface area contributed by atoms with E-state index in [1.165, 1.54) is 0 Å². The maximum absolute atomic E-state index is 12.8. The van der Waals surface area contributed by atoms with Gasteiger partial charge >= 0.3 is 12.0 Å². The van der Waals surface area contributed by atoms with Crippen LogP contribution in [-0.2, 0) is 4.79 Å². The minimum atomic E-state index is -0.890. The number of rotatable bonds is 6. The Morgan fingerprint density at radius 2 is 2.12 bits per heavy atom. The van der Waals surface area contributed by atoms with Crippen LogP contribution in [-0.4, -0.2) is 42.2 Å². The van der Waals surface area contributed by atoms with E-state index in [9.17, 15) is 14.7 Å². The van der Waals surface area contributed by atoms with Gasteiger partial charge in [0.15, 0.2) is 0 Å². The first-order valence-corrected chi connectivity index (χ1v) is 9.16. The number of hydrogen-bond acceptors (Lipinski definition) is 3. The van der Waals surface area contributed by atoms with Crippen molar-refractivity contribution in [2.45, 2.75) is 39.7 Å². The molecule has 1 saturated heterocycles. The zero-order chi connectivity index (χ0) is 19.5. The minimum absolute atomic E-state index is 0.204. The molecule has 6 nitrogen and oxygen atoms in total. The minimum Gasteiger partial charge on any atom is -0.496 e. The monoisotopic (exact) mass is 382 g/mol. The molecule has 1 aliphatic rings. The van der Waals surface area contributed by atoms with Crippen molar-refractivity contribution in [2.75, 3.05) is 20.2 Å². The molecular weight excluding hydrogens is 356 g/mol. The number of aliphatic carboxylic acids is 1. The van der Waals surface area contributed by atoms with Crippen molar-refractivity contribution in [1.82, 2.24) is 10.2 Å². The lowest BCUT2D eigenvalue weighted by Gasteiger charge is -2.27. The summed E-state index contributed by atoms with van der Waals surface area (Å²) in [5.74, 6) is 0.132. The first-order valence-electron chi connectivity index (χ1n) is 8.78. The van der Waals surface area contributed by atoms with Crippen LogP contribution in [0.4, 0.5) is 4.79 Å². The molecule has 0 aromatic heterocycles. The molecule has 1 aromatic carbocycles. The van der Waals surface area contributed by atoms with Crippen molar-refractivity contribution in [3.63, 3.8) is 0 Å². The Balaban J connectivity index is 2.20. The number of ether oxygens (including phenoxy) is 1. The quantitative estimate of drug-likeness (QED) is 0.780. The third-order valence-corrected chi connectivity index (χ3v) is 5.08. The fourth-order valence-corrected chi connectivity index (χ4v) is 3.44. The number of halogens is 1. The molecule has 26 heavy (non-hydrogen) atoms. The zero-order valence-electron chi connectivity index (χ0n) is 15.7. The van der Waals surface area contributed by atoms with Crippen LogP contribution in [0.5, 0.6) is 5.75 Å². The summed E-state index contributed by atoms with van der Waals surface area (Å²) in [7, 11) is 1.58. The van der Waals surface area contributed by atoms with Crippen molar-refractivity contribution >= 4 is 23.6 Å². The highest BCUT2D eigenvalue weighted by Gasteiger charge is 2.42. The molecule has 0 radical (unpaired) electrons. The molecule has 2 amide bonds. The Morgan fingerprint density at radius 3 is 2.65 bits per heavy atom. The van der Waals surface area contributed by atoms with Gasteiger partial charge in [0, 0.05) is 23.7 Å². The highest BCUT2D eigenvalue weighted by atomic mass is 35.5. The van der Waals surface area contributed by atoms with Gasteiger partial charge in [0.25, 0.3) is 0 Å². The summed E-state index contributed by atoms with van der Waals surface area (Å²) >= 11 is 6.15. The fraction of sp³-hybridized carbons (Fsp3) is 0.579. The summed E-state index contributed by atoms with van der Waals surface area (Å²) in [4.78, 5) is 25.7. The largest absolute Gasteiger partial charge is 0.496 e. The Bertz CT molecular complexity index is 680. The SMILES string of the molecule is COc1ccc(Cl)cc1C(CC(C)C)NC(=O)N1CCC(C)(C(=O)O)C1. The number of nitrogens with zero attached hydrogens (tertiary/aromatic N) is 1. The number of benzene rings is 1. The molecular formula is C19H27ClN2O4. The van der Waals surface area contributed by atoms with Gasteiger partial charge in [0.05, 0.1) is 18.6 Å². The van der Waals surface area contributed by atoms with Gasteiger partial charge in [-0.2, -0.15) is 0 Å². The second kappa shape index (κ2) is 8.16. The molecule has 2 atom stereocenters. The number of urea groups is 1. The Kier molecular flexibility index (Phi) is 6.39. The van der Waals surface area contributed by atoms with Crippen LogP contribution in [0.1, 0.15) is 45.2 Å². The van der Waals surface area contributed by atoms with E-state index in [-0.39, 0.29) is 18.6 Å². The van der Waals surface area contributed by atoms with Crippen LogP contribution in [0.25, 0.3) is 0 Å². The normalized spacial score (nSPS) is 20.9. The van der Waals surface area contributed by atoms with E-state index in [4.69, 9.17) is 16.3 Å². The standard InChI is InChI=1S/C19H27ClN2O4/c1-12(2)9-15(14-10-13(20)5-6-16(14)26-4)21-18(25)22-8-7-19(3,11-22)17(23)24/h5-6,10,12,15H,7-9,11H2,1-4H3,(H,21,25)(H,23,24). The van der Waals surface area contributed by atoms with E-state index in [1.807, 2.05) is 0 Å². The molecule has 1 aliphatic heterocycles. The van der Waals surface area contributed by atoms with E-state index in [1.54, 1.807) is 37.1 Å². The van der Waals surface area contributed by atoms with Crippen LogP contribution in [0.3, 0.4) is 0 Å². The van der Waals surface area contributed by atoms with Gasteiger partial charge < -0.3 is 20.1 Å². The van der Waals surface area contributed by atoms with Gasteiger partial charge in [-0.15, -0.1) is 0 Å². The van der Waals surface area contributed by atoms with Crippen molar-refractivity contribution < 1.29 is 19.4 Å². The van der Waals surface area contributed by atoms with Crippen LogP contribution in [0.15, 0.2) is 18.2 Å². The summed E-state index contributed by atoms with van der Waals surface area (Å²) in [6.45, 7) is 6.46. The third-order valence-electron chi connectivity index (χ3n) is 4.85. The van der Waals surface area contributed by atoms with Crippen LogP contribution in [0, 0.1) is 11.3 Å². The third kappa shape index (κ3) is 4.61. The molecule has 7 heteroatoms. The van der Waals surface area contributed by atoms with Crippen LogP contribution >= 0.6 is 11.6 Å². The first kappa shape index (κ1) is 20.4. The average molecular weight is 383 g/mol. The number of nitrogens with one attached hydrogen (secondary N) is 1. The van der Waals surface area contributed by atoms with Crippen molar-refractivity contribution in [2.24, 2.45) is 11.3 Å². The first-order chi connectivity index (χ1) is 12.2. The lowest BCUT2D eigenvalue weighted by atomic mass is 9.90. The van der Waals surface area contributed by atoms with E-state index in [0.717, 1.165) is 5.56 Å². The van der Waals surface area contributed by atoms with Crippen molar-refractivity contribution in [3.05, 3.63) is 28.8 Å². The van der Waals surface area contributed by atoms with E-state index in [2.05, 4.69) is 19.2 Å². The zero-order valence-corrected chi connectivity index (χ0v) is 16.5. The molecule has 0 saturated carbocycles. The van der Waals surface area contributed by atoms with Gasteiger partial charge in [0.1, 0.15) is 5.75 Å². The number of carboxylic acids is 1. The summed E-state index contributed by atoms with van der Waals surface area (Å²) in [6, 6.07) is 4.81. The van der Waals surface area contributed by atoms with Gasteiger partial charge in [-0.3, -0.25) is 4.79 Å². The maximum atomic E-state index is 12.8. The number of likely N-dealkylation sites (tertiary alicyclic amines) is 1. The Hall–Kier alpha value is -1.95. The summed E-state index contributed by atoms with van der Waals surface area (Å²) < 4.78 is 5.43. The number of methoxy groups -OCH3 is 1. The summed E-state index contributed by atoms with van der Waals surface area (Å²) in [5.41, 5.74) is -0.0687. The maximum Gasteiger partial charge on any atom is 0.317 e. The molecule has 2 unspecified atom stereocenters. The lowest BCUT2D eigenvalue weighted by Crippen LogP contribution is -2.42. The molecule has 0 spiro atoms. The second-order valence-electron chi connectivity index (χ2n) is 7.56. The predicted octanol–water partition coefficient (Wildman–Crippen LogP) is 3.94. The number of hydrogen-bond donors (Lipinski definition) is 2. The molecule has 0 bridgehead atoms. The van der Waals surface area contributed by atoms with Gasteiger partial charge in [-0.05, 0) is 43.9 Å². The molecule has 1 aromatic rings. The highest BCUT2D eigenvalue weighted by molar-refractivity contribution is 6.30.